The Balaban J connectivity index is 2.97. The summed E-state index contributed by atoms with van der Waals surface area (Å²) >= 11 is 0. The molecule has 0 unspecified atom stereocenters. The van der Waals surface area contributed by atoms with Crippen molar-refractivity contribution in [3.63, 3.8) is 0 Å². The maximum atomic E-state index is 5.86. The van der Waals surface area contributed by atoms with E-state index in [2.05, 4.69) is 11.1 Å². The van der Waals surface area contributed by atoms with Crippen molar-refractivity contribution in [1.29, 1.82) is 0 Å². The molecule has 0 aliphatic heterocycles. The van der Waals surface area contributed by atoms with E-state index in [4.69, 9.17) is 5.73 Å². The van der Waals surface area contributed by atoms with Crippen LogP contribution in [0, 0.1) is 13.8 Å². The Bertz CT molecular complexity index is 461. The van der Waals surface area contributed by atoms with E-state index in [9.17, 15) is 0 Å². The molecule has 0 aliphatic carbocycles. The Morgan fingerprint density at radius 2 is 2.08 bits per heavy atom. The zero-order valence-corrected chi connectivity index (χ0v) is 7.83. The highest BCUT2D eigenvalue weighted by molar-refractivity contribution is 5.88. The Morgan fingerprint density at radius 3 is 2.85 bits per heavy atom. The summed E-state index contributed by atoms with van der Waals surface area (Å²) in [4.78, 5) is 4.33. The summed E-state index contributed by atoms with van der Waals surface area (Å²) in [5.74, 6) is 0. The largest absolute Gasteiger partial charge is 0.398 e. The summed E-state index contributed by atoms with van der Waals surface area (Å²) in [6, 6.07) is 5.97. The Labute approximate surface area is 77.4 Å². The van der Waals surface area contributed by atoms with Crippen LogP contribution in [0.2, 0.25) is 0 Å². The lowest BCUT2D eigenvalue weighted by Gasteiger charge is -2.07. The molecular formula is C11H12N2. The number of benzene rings is 1. The van der Waals surface area contributed by atoms with Crippen LogP contribution < -0.4 is 5.73 Å². The van der Waals surface area contributed by atoms with Crippen molar-refractivity contribution in [2.75, 3.05) is 5.73 Å². The minimum Gasteiger partial charge on any atom is -0.398 e. The molecule has 1 aromatic heterocycles. The fraction of sp³-hybridized carbons (Fsp3) is 0.182. The average molecular weight is 172 g/mol. The van der Waals surface area contributed by atoms with Gasteiger partial charge in [0.05, 0.1) is 5.52 Å². The van der Waals surface area contributed by atoms with Crippen molar-refractivity contribution in [2.24, 2.45) is 0 Å². The molecule has 2 aromatic rings. The zero-order valence-electron chi connectivity index (χ0n) is 7.83. The van der Waals surface area contributed by atoms with Crippen molar-refractivity contribution in [2.45, 2.75) is 13.8 Å². The van der Waals surface area contributed by atoms with Crippen molar-refractivity contribution >= 4 is 16.6 Å². The highest BCUT2D eigenvalue weighted by Crippen LogP contribution is 2.24. The van der Waals surface area contributed by atoms with Crippen molar-refractivity contribution in [3.8, 4) is 0 Å². The highest BCUT2D eigenvalue weighted by atomic mass is 14.7. The third-order valence-corrected chi connectivity index (χ3v) is 2.39. The minimum atomic E-state index is 0.845. The van der Waals surface area contributed by atoms with Crippen LogP contribution in [0.25, 0.3) is 10.9 Å². The Hall–Kier alpha value is -1.57. The number of hydrogen-bond donors (Lipinski definition) is 1. The molecule has 2 heteroatoms. The number of nitrogen functional groups attached to an aromatic ring is 1. The van der Waals surface area contributed by atoms with Crippen LogP contribution in [-0.4, -0.2) is 4.98 Å². The molecule has 0 fully saturated rings. The molecule has 0 saturated carbocycles. The standard InChI is InChI=1S/C11H12N2/c1-7-6-10(12)8(2)9-4-3-5-13-11(7)9/h3-6H,12H2,1-2H3. The number of fused-ring (bicyclic) bond motifs is 1. The smallest absolute Gasteiger partial charge is 0.0735 e. The van der Waals surface area contributed by atoms with E-state index in [1.54, 1.807) is 0 Å². The average Bonchev–Trinajstić information content (AvgIpc) is 2.15. The first-order valence-electron chi connectivity index (χ1n) is 4.30. The van der Waals surface area contributed by atoms with Gasteiger partial charge in [-0.15, -0.1) is 0 Å². The molecule has 1 aromatic carbocycles. The van der Waals surface area contributed by atoms with Crippen molar-refractivity contribution in [3.05, 3.63) is 35.5 Å². The van der Waals surface area contributed by atoms with E-state index in [0.29, 0.717) is 0 Å². The van der Waals surface area contributed by atoms with Crippen LogP contribution in [0.5, 0.6) is 0 Å². The highest BCUT2D eigenvalue weighted by Gasteiger charge is 2.03. The summed E-state index contributed by atoms with van der Waals surface area (Å²) in [5, 5.41) is 1.15. The van der Waals surface area contributed by atoms with Gasteiger partial charge in [-0.1, -0.05) is 6.07 Å². The van der Waals surface area contributed by atoms with Gasteiger partial charge in [-0.25, -0.2) is 0 Å². The Kier molecular flexibility index (Phi) is 1.69. The van der Waals surface area contributed by atoms with Crippen LogP contribution in [0.1, 0.15) is 11.1 Å². The number of aryl methyl sites for hydroxylation is 2. The quantitative estimate of drug-likeness (QED) is 0.620. The minimum absolute atomic E-state index is 0.845. The first-order chi connectivity index (χ1) is 6.20. The molecule has 0 bridgehead atoms. The van der Waals surface area contributed by atoms with E-state index >= 15 is 0 Å². The van der Waals surface area contributed by atoms with Gasteiger partial charge in [-0.3, -0.25) is 4.98 Å². The second-order valence-electron chi connectivity index (χ2n) is 3.31. The number of anilines is 1. The van der Waals surface area contributed by atoms with Gasteiger partial charge in [0.25, 0.3) is 0 Å². The van der Waals surface area contributed by atoms with Crippen molar-refractivity contribution < 1.29 is 0 Å². The van der Waals surface area contributed by atoms with Gasteiger partial charge < -0.3 is 5.73 Å². The number of nitrogens with zero attached hydrogens (tertiary/aromatic N) is 1. The maximum Gasteiger partial charge on any atom is 0.0735 e. The molecule has 2 rings (SSSR count). The predicted octanol–water partition coefficient (Wildman–Crippen LogP) is 2.43. The van der Waals surface area contributed by atoms with Crippen LogP contribution in [0.15, 0.2) is 24.4 Å². The predicted molar refractivity (Wildman–Crippen MR) is 55.6 cm³/mol. The third-order valence-electron chi connectivity index (χ3n) is 2.39. The van der Waals surface area contributed by atoms with E-state index in [-0.39, 0.29) is 0 Å². The van der Waals surface area contributed by atoms with Gasteiger partial charge in [0.2, 0.25) is 0 Å². The van der Waals surface area contributed by atoms with Gasteiger partial charge in [0.15, 0.2) is 0 Å². The summed E-state index contributed by atoms with van der Waals surface area (Å²) in [5.41, 5.74) is 10.0. The topological polar surface area (TPSA) is 38.9 Å². The molecule has 13 heavy (non-hydrogen) atoms. The molecular weight excluding hydrogens is 160 g/mol. The fourth-order valence-corrected chi connectivity index (χ4v) is 1.59. The fourth-order valence-electron chi connectivity index (χ4n) is 1.59. The van der Waals surface area contributed by atoms with Gasteiger partial charge in [0.1, 0.15) is 0 Å². The summed E-state index contributed by atoms with van der Waals surface area (Å²) in [7, 11) is 0. The third kappa shape index (κ3) is 1.15. The number of hydrogen-bond acceptors (Lipinski definition) is 2. The van der Waals surface area contributed by atoms with Gasteiger partial charge in [-0.2, -0.15) is 0 Å². The molecule has 0 aliphatic rings. The summed E-state index contributed by atoms with van der Waals surface area (Å²) < 4.78 is 0. The second kappa shape index (κ2) is 2.73. The molecule has 2 nitrogen and oxygen atoms in total. The molecule has 2 N–H and O–H groups in total. The van der Waals surface area contributed by atoms with Crippen LogP contribution in [0.4, 0.5) is 5.69 Å². The molecule has 0 spiro atoms. The SMILES string of the molecule is Cc1c(N)cc(C)c2ncccc12. The summed E-state index contributed by atoms with van der Waals surface area (Å²) in [6.45, 7) is 4.06. The lowest BCUT2D eigenvalue weighted by atomic mass is 10.0. The molecule has 0 atom stereocenters. The monoisotopic (exact) mass is 172 g/mol. The first-order valence-corrected chi connectivity index (χ1v) is 4.30. The molecule has 0 saturated heterocycles. The van der Waals surface area contributed by atoms with Crippen LogP contribution >= 0.6 is 0 Å². The molecule has 66 valence electrons. The number of pyridine rings is 1. The Morgan fingerprint density at radius 1 is 1.31 bits per heavy atom. The number of nitrogens with two attached hydrogens (primary N) is 1. The first kappa shape index (κ1) is 8.05. The van der Waals surface area contributed by atoms with Gasteiger partial charge in [0, 0.05) is 17.3 Å². The zero-order chi connectivity index (χ0) is 9.42. The molecule has 0 radical (unpaired) electrons. The number of rotatable bonds is 0. The lowest BCUT2D eigenvalue weighted by Crippen LogP contribution is -1.93. The number of aromatic nitrogens is 1. The van der Waals surface area contributed by atoms with Crippen LogP contribution in [0.3, 0.4) is 0 Å². The normalized spacial score (nSPS) is 10.6. The van der Waals surface area contributed by atoms with E-state index < -0.39 is 0 Å². The van der Waals surface area contributed by atoms with Gasteiger partial charge in [-0.05, 0) is 37.1 Å². The second-order valence-corrected chi connectivity index (χ2v) is 3.31. The van der Waals surface area contributed by atoms with E-state index in [0.717, 1.165) is 27.7 Å². The molecule has 0 amide bonds. The van der Waals surface area contributed by atoms with Crippen LogP contribution in [-0.2, 0) is 0 Å². The van der Waals surface area contributed by atoms with Crippen molar-refractivity contribution in [1.82, 2.24) is 4.98 Å². The van der Waals surface area contributed by atoms with E-state index in [1.807, 2.05) is 32.2 Å². The molecule has 1 heterocycles. The van der Waals surface area contributed by atoms with E-state index in [1.165, 1.54) is 0 Å². The lowest BCUT2D eigenvalue weighted by molar-refractivity contribution is 1.35. The maximum absolute atomic E-state index is 5.86. The van der Waals surface area contributed by atoms with Gasteiger partial charge >= 0.3 is 0 Å². The summed E-state index contributed by atoms with van der Waals surface area (Å²) in [6.07, 6.45) is 1.81.